The summed E-state index contributed by atoms with van der Waals surface area (Å²) in [6, 6.07) is 14.6. The first-order chi connectivity index (χ1) is 10.1. The molecule has 2 aromatic rings. The number of hydrogen-bond donors (Lipinski definition) is 2. The lowest BCUT2D eigenvalue weighted by atomic mass is 10.3. The van der Waals surface area contributed by atoms with Crippen molar-refractivity contribution >= 4 is 29.1 Å². The fourth-order valence-electron chi connectivity index (χ4n) is 1.59. The second kappa shape index (κ2) is 7.35. The van der Waals surface area contributed by atoms with Gasteiger partial charge in [-0.2, -0.15) is 0 Å². The van der Waals surface area contributed by atoms with Crippen molar-refractivity contribution in [2.75, 3.05) is 11.9 Å². The van der Waals surface area contributed by atoms with E-state index in [9.17, 15) is 4.79 Å². The number of pyridine rings is 1. The largest absolute Gasteiger partial charge is 0.484 e. The number of para-hydroxylation sites is 1. The van der Waals surface area contributed by atoms with Gasteiger partial charge in [-0.15, -0.1) is 0 Å². The highest BCUT2D eigenvalue weighted by molar-refractivity contribution is 7.80. The topological polar surface area (TPSA) is 63.2 Å². The molecule has 0 radical (unpaired) electrons. The van der Waals surface area contributed by atoms with Crippen molar-refractivity contribution in [2.45, 2.75) is 6.92 Å². The average Bonchev–Trinajstić information content (AvgIpc) is 2.46. The molecule has 0 saturated carbocycles. The molecular weight excluding hydrogens is 286 g/mol. The smallest absolute Gasteiger partial charge is 0.264 e. The Labute approximate surface area is 128 Å². The van der Waals surface area contributed by atoms with E-state index in [0.29, 0.717) is 11.6 Å². The van der Waals surface area contributed by atoms with E-state index >= 15 is 0 Å². The number of anilines is 1. The first kappa shape index (κ1) is 14.9. The number of aromatic nitrogens is 1. The van der Waals surface area contributed by atoms with Crippen LogP contribution in [0.5, 0.6) is 5.75 Å². The molecule has 5 nitrogen and oxygen atoms in total. The molecule has 0 atom stereocenters. The van der Waals surface area contributed by atoms with Gasteiger partial charge in [-0.3, -0.25) is 10.1 Å². The van der Waals surface area contributed by atoms with Crippen LogP contribution in [-0.2, 0) is 4.79 Å². The molecule has 0 fully saturated rings. The molecule has 0 aliphatic carbocycles. The predicted molar refractivity (Wildman–Crippen MR) is 85.3 cm³/mol. The molecule has 1 heterocycles. The second-order valence-corrected chi connectivity index (χ2v) is 4.68. The van der Waals surface area contributed by atoms with E-state index in [1.54, 1.807) is 18.2 Å². The number of carbonyl (C=O) groups excluding carboxylic acids is 1. The summed E-state index contributed by atoms with van der Waals surface area (Å²) < 4.78 is 5.32. The van der Waals surface area contributed by atoms with Crippen molar-refractivity contribution < 1.29 is 9.53 Å². The molecule has 0 aliphatic rings. The van der Waals surface area contributed by atoms with E-state index in [4.69, 9.17) is 17.0 Å². The number of thiocarbonyl (C=S) groups is 1. The van der Waals surface area contributed by atoms with Gasteiger partial charge in [0, 0.05) is 5.69 Å². The van der Waals surface area contributed by atoms with E-state index in [1.807, 2.05) is 37.3 Å². The first-order valence-electron chi connectivity index (χ1n) is 6.36. The molecule has 0 aliphatic heterocycles. The van der Waals surface area contributed by atoms with Crippen LogP contribution in [0.2, 0.25) is 0 Å². The highest BCUT2D eigenvalue weighted by atomic mass is 32.1. The van der Waals surface area contributed by atoms with Gasteiger partial charge in [0.15, 0.2) is 11.7 Å². The minimum Gasteiger partial charge on any atom is -0.484 e. The van der Waals surface area contributed by atoms with Gasteiger partial charge in [0.05, 0.1) is 0 Å². The lowest BCUT2D eigenvalue weighted by molar-refractivity contribution is -0.121. The fourth-order valence-corrected chi connectivity index (χ4v) is 1.81. The minimum atomic E-state index is -0.330. The van der Waals surface area contributed by atoms with Crippen LogP contribution in [0.1, 0.15) is 5.69 Å². The van der Waals surface area contributed by atoms with E-state index in [1.165, 1.54) is 0 Å². The zero-order chi connectivity index (χ0) is 15.1. The summed E-state index contributed by atoms with van der Waals surface area (Å²) in [6.45, 7) is 1.77. The zero-order valence-electron chi connectivity index (χ0n) is 11.5. The van der Waals surface area contributed by atoms with Crippen molar-refractivity contribution in [1.82, 2.24) is 10.3 Å². The molecular formula is C15H15N3O2S. The summed E-state index contributed by atoms with van der Waals surface area (Å²) in [4.78, 5) is 15.9. The van der Waals surface area contributed by atoms with E-state index in [0.717, 1.165) is 5.69 Å². The Bertz CT molecular complexity index is 632. The Morgan fingerprint density at radius 1 is 1.19 bits per heavy atom. The molecule has 0 unspecified atom stereocenters. The summed E-state index contributed by atoms with van der Waals surface area (Å²) in [6.07, 6.45) is 0. The molecule has 0 saturated heterocycles. The molecule has 2 rings (SSSR count). The molecule has 2 N–H and O–H groups in total. The number of hydrogen-bond acceptors (Lipinski definition) is 4. The predicted octanol–water partition coefficient (Wildman–Crippen LogP) is 2.28. The van der Waals surface area contributed by atoms with Crippen molar-refractivity contribution in [2.24, 2.45) is 0 Å². The number of nitrogens with zero attached hydrogens (tertiary/aromatic N) is 1. The Kier molecular flexibility index (Phi) is 5.22. The Morgan fingerprint density at radius 3 is 2.67 bits per heavy atom. The van der Waals surface area contributed by atoms with Gasteiger partial charge in [-0.1, -0.05) is 24.3 Å². The van der Waals surface area contributed by atoms with E-state index < -0.39 is 0 Å². The van der Waals surface area contributed by atoms with Crippen LogP contribution in [0.3, 0.4) is 0 Å². The molecule has 0 spiro atoms. The van der Waals surface area contributed by atoms with Crippen LogP contribution in [0.4, 0.5) is 5.82 Å². The summed E-state index contributed by atoms with van der Waals surface area (Å²) in [5.74, 6) is 0.889. The maximum atomic E-state index is 11.7. The maximum absolute atomic E-state index is 11.7. The third-order valence-corrected chi connectivity index (χ3v) is 2.70. The van der Waals surface area contributed by atoms with Gasteiger partial charge in [0.1, 0.15) is 11.6 Å². The average molecular weight is 301 g/mol. The van der Waals surface area contributed by atoms with E-state index in [2.05, 4.69) is 15.6 Å². The van der Waals surface area contributed by atoms with Crippen LogP contribution < -0.4 is 15.4 Å². The van der Waals surface area contributed by atoms with Crippen molar-refractivity contribution in [3.8, 4) is 5.75 Å². The molecule has 1 aromatic carbocycles. The van der Waals surface area contributed by atoms with Gasteiger partial charge >= 0.3 is 0 Å². The number of benzene rings is 1. The Morgan fingerprint density at radius 2 is 1.95 bits per heavy atom. The van der Waals surface area contributed by atoms with Gasteiger partial charge in [-0.05, 0) is 43.4 Å². The SMILES string of the molecule is Cc1cccc(NC(=S)NC(=O)COc2ccccc2)n1. The molecule has 1 amide bonds. The highest BCUT2D eigenvalue weighted by Gasteiger charge is 2.06. The number of carbonyl (C=O) groups is 1. The number of amides is 1. The number of aryl methyl sites for hydroxylation is 1. The van der Waals surface area contributed by atoms with Crippen LogP contribution in [0.15, 0.2) is 48.5 Å². The standard InChI is InChI=1S/C15H15N3O2S/c1-11-6-5-9-13(16-11)17-15(21)18-14(19)10-20-12-7-3-2-4-8-12/h2-9H,10H2,1H3,(H2,16,17,18,19,21). The van der Waals surface area contributed by atoms with E-state index in [-0.39, 0.29) is 17.6 Å². The number of nitrogens with one attached hydrogen (secondary N) is 2. The van der Waals surface area contributed by atoms with Crippen molar-refractivity contribution in [1.29, 1.82) is 0 Å². The first-order valence-corrected chi connectivity index (χ1v) is 6.76. The lowest BCUT2D eigenvalue weighted by Crippen LogP contribution is -2.37. The van der Waals surface area contributed by atoms with Crippen LogP contribution in [0, 0.1) is 6.92 Å². The summed E-state index contributed by atoms with van der Waals surface area (Å²) >= 11 is 5.05. The normalized spacial score (nSPS) is 9.76. The maximum Gasteiger partial charge on any atom is 0.264 e. The monoisotopic (exact) mass is 301 g/mol. The fraction of sp³-hybridized carbons (Fsp3) is 0.133. The van der Waals surface area contributed by atoms with Gasteiger partial charge in [0.25, 0.3) is 5.91 Å². The van der Waals surface area contributed by atoms with Gasteiger partial charge in [0.2, 0.25) is 0 Å². The minimum absolute atomic E-state index is 0.104. The number of ether oxygens (including phenoxy) is 1. The molecule has 21 heavy (non-hydrogen) atoms. The van der Waals surface area contributed by atoms with Crippen molar-refractivity contribution in [3.63, 3.8) is 0 Å². The van der Waals surface area contributed by atoms with Gasteiger partial charge in [-0.25, -0.2) is 4.98 Å². The molecule has 108 valence electrons. The Hall–Kier alpha value is -2.47. The lowest BCUT2D eigenvalue weighted by Gasteiger charge is -2.10. The van der Waals surface area contributed by atoms with Crippen LogP contribution in [-0.4, -0.2) is 22.6 Å². The molecule has 6 heteroatoms. The van der Waals surface area contributed by atoms with Crippen LogP contribution >= 0.6 is 12.2 Å². The molecule has 0 bridgehead atoms. The van der Waals surface area contributed by atoms with Crippen LogP contribution in [0.25, 0.3) is 0 Å². The third kappa shape index (κ3) is 5.19. The Balaban J connectivity index is 1.78. The third-order valence-electron chi connectivity index (χ3n) is 2.50. The number of rotatable bonds is 4. The molecule has 1 aromatic heterocycles. The summed E-state index contributed by atoms with van der Waals surface area (Å²) in [5.41, 5.74) is 0.863. The quantitative estimate of drug-likeness (QED) is 0.848. The van der Waals surface area contributed by atoms with Crippen molar-refractivity contribution in [3.05, 3.63) is 54.2 Å². The highest BCUT2D eigenvalue weighted by Crippen LogP contribution is 2.07. The summed E-state index contributed by atoms with van der Waals surface area (Å²) in [5, 5.41) is 5.57. The zero-order valence-corrected chi connectivity index (χ0v) is 12.3. The second-order valence-electron chi connectivity index (χ2n) is 4.27. The summed E-state index contributed by atoms with van der Waals surface area (Å²) in [7, 11) is 0. The van der Waals surface area contributed by atoms with Gasteiger partial charge < -0.3 is 10.1 Å².